The lowest BCUT2D eigenvalue weighted by molar-refractivity contribution is -0.123. The van der Waals surface area contributed by atoms with Gasteiger partial charge in [0.25, 0.3) is 5.91 Å². The first-order valence-corrected chi connectivity index (χ1v) is 8.21. The third-order valence-corrected chi connectivity index (χ3v) is 3.70. The molecule has 2 aromatic carbocycles. The van der Waals surface area contributed by atoms with Crippen molar-refractivity contribution in [3.63, 3.8) is 0 Å². The number of amides is 1. The molecule has 0 saturated heterocycles. The van der Waals surface area contributed by atoms with Crippen LogP contribution in [0.25, 0.3) is 0 Å². The number of anilines is 1. The van der Waals surface area contributed by atoms with E-state index in [9.17, 15) is 9.59 Å². The van der Waals surface area contributed by atoms with Crippen LogP contribution in [0.2, 0.25) is 0 Å². The van der Waals surface area contributed by atoms with Crippen LogP contribution in [-0.4, -0.2) is 31.4 Å². The van der Waals surface area contributed by atoms with Crippen LogP contribution in [0.4, 0.5) is 5.69 Å². The molecule has 26 heavy (non-hydrogen) atoms. The van der Waals surface area contributed by atoms with E-state index in [2.05, 4.69) is 5.32 Å². The number of carbonyl (C=O) groups is 2. The van der Waals surface area contributed by atoms with Crippen molar-refractivity contribution in [1.82, 2.24) is 0 Å². The van der Waals surface area contributed by atoms with Gasteiger partial charge in [-0.15, -0.1) is 0 Å². The molecule has 1 N–H and O–H groups in total. The van der Waals surface area contributed by atoms with Crippen LogP contribution in [0.15, 0.2) is 42.5 Å². The molecular formula is C19H19NO6. The smallest absolute Gasteiger partial charge is 0.342 e. The Labute approximate surface area is 150 Å². The van der Waals surface area contributed by atoms with Gasteiger partial charge in [-0.2, -0.15) is 0 Å². The maximum absolute atomic E-state index is 12.3. The molecule has 0 aliphatic carbocycles. The Balaban J connectivity index is 1.63. The highest BCUT2D eigenvalue weighted by Crippen LogP contribution is 2.34. The first kappa shape index (κ1) is 17.6. The number of fused-ring (bicyclic) bond motifs is 1. The average molecular weight is 357 g/mol. The van der Waals surface area contributed by atoms with Gasteiger partial charge in [-0.3, -0.25) is 4.79 Å². The van der Waals surface area contributed by atoms with Gasteiger partial charge >= 0.3 is 5.97 Å². The van der Waals surface area contributed by atoms with Crippen LogP contribution < -0.4 is 19.5 Å². The van der Waals surface area contributed by atoms with Crippen molar-refractivity contribution in [2.45, 2.75) is 20.0 Å². The van der Waals surface area contributed by atoms with E-state index in [1.807, 2.05) is 6.92 Å². The second kappa shape index (κ2) is 7.77. The fraction of sp³-hybridized carbons (Fsp3) is 0.263. The van der Waals surface area contributed by atoms with Gasteiger partial charge in [-0.25, -0.2) is 4.79 Å². The van der Waals surface area contributed by atoms with Crippen molar-refractivity contribution < 1.29 is 28.5 Å². The predicted molar refractivity (Wildman–Crippen MR) is 93.7 cm³/mol. The number of hydrogen-bond acceptors (Lipinski definition) is 6. The van der Waals surface area contributed by atoms with E-state index < -0.39 is 18.0 Å². The number of benzene rings is 2. The lowest BCUT2D eigenvalue weighted by atomic mass is 10.2. The topological polar surface area (TPSA) is 83.1 Å². The molecule has 0 spiro atoms. The number of rotatable bonds is 6. The van der Waals surface area contributed by atoms with Gasteiger partial charge in [0, 0.05) is 11.8 Å². The number of nitrogens with one attached hydrogen (secondary N) is 1. The molecule has 2 aromatic rings. The largest absolute Gasteiger partial charge is 0.493 e. The summed E-state index contributed by atoms with van der Waals surface area (Å²) in [7, 11) is 0. The van der Waals surface area contributed by atoms with Crippen molar-refractivity contribution in [2.24, 2.45) is 0 Å². The Morgan fingerprint density at radius 2 is 1.92 bits per heavy atom. The lowest BCUT2D eigenvalue weighted by Crippen LogP contribution is -2.30. The molecule has 7 heteroatoms. The number of hydrogen-bond donors (Lipinski definition) is 1. The Bertz CT molecular complexity index is 819. The van der Waals surface area contributed by atoms with Gasteiger partial charge in [-0.05, 0) is 38.1 Å². The SMILES string of the molecule is CCOc1ccccc1C(=O)OC(C)C(=O)Nc1ccc2c(c1)OCO2. The van der Waals surface area contributed by atoms with E-state index in [4.69, 9.17) is 18.9 Å². The van der Waals surface area contributed by atoms with Crippen LogP contribution in [0.1, 0.15) is 24.2 Å². The maximum Gasteiger partial charge on any atom is 0.342 e. The van der Waals surface area contributed by atoms with Crippen molar-refractivity contribution in [3.05, 3.63) is 48.0 Å². The highest BCUT2D eigenvalue weighted by Gasteiger charge is 2.22. The van der Waals surface area contributed by atoms with E-state index >= 15 is 0 Å². The number of ether oxygens (including phenoxy) is 4. The maximum atomic E-state index is 12.3. The summed E-state index contributed by atoms with van der Waals surface area (Å²) in [5.41, 5.74) is 0.800. The standard InChI is InChI=1S/C19H19NO6/c1-3-23-15-7-5-4-6-14(15)19(22)26-12(2)18(21)20-13-8-9-16-17(10-13)25-11-24-16/h4-10,12H,3,11H2,1-2H3,(H,20,21). The Kier molecular flexibility index (Phi) is 5.26. The Hall–Kier alpha value is -3.22. The molecule has 0 radical (unpaired) electrons. The van der Waals surface area contributed by atoms with E-state index in [1.165, 1.54) is 6.92 Å². The fourth-order valence-corrected chi connectivity index (χ4v) is 2.41. The summed E-state index contributed by atoms with van der Waals surface area (Å²) in [6.45, 7) is 3.90. The minimum absolute atomic E-state index is 0.153. The second-order valence-electron chi connectivity index (χ2n) is 5.53. The molecule has 0 bridgehead atoms. The van der Waals surface area contributed by atoms with Gasteiger partial charge in [0.2, 0.25) is 6.79 Å². The number of esters is 1. The predicted octanol–water partition coefficient (Wildman–Crippen LogP) is 3.00. The molecule has 1 aliphatic heterocycles. The molecule has 1 atom stereocenters. The molecule has 0 saturated carbocycles. The zero-order valence-corrected chi connectivity index (χ0v) is 14.5. The number of para-hydroxylation sites is 1. The van der Waals surface area contributed by atoms with E-state index in [0.717, 1.165) is 0 Å². The van der Waals surface area contributed by atoms with Crippen LogP contribution in [-0.2, 0) is 9.53 Å². The third-order valence-electron chi connectivity index (χ3n) is 3.70. The normalized spacial score (nSPS) is 13.0. The molecule has 1 unspecified atom stereocenters. The van der Waals surface area contributed by atoms with Crippen molar-refractivity contribution in [2.75, 3.05) is 18.7 Å². The van der Waals surface area contributed by atoms with E-state index in [-0.39, 0.29) is 12.4 Å². The van der Waals surface area contributed by atoms with Gasteiger partial charge in [0.05, 0.1) is 6.61 Å². The van der Waals surface area contributed by atoms with Crippen molar-refractivity contribution in [3.8, 4) is 17.2 Å². The zero-order chi connectivity index (χ0) is 18.5. The van der Waals surface area contributed by atoms with Crippen LogP contribution >= 0.6 is 0 Å². The molecule has 0 aromatic heterocycles. The first-order chi connectivity index (χ1) is 12.6. The Morgan fingerprint density at radius 3 is 2.73 bits per heavy atom. The van der Waals surface area contributed by atoms with Crippen LogP contribution in [0.5, 0.6) is 17.2 Å². The molecule has 136 valence electrons. The summed E-state index contributed by atoms with van der Waals surface area (Å²) in [6, 6.07) is 11.8. The van der Waals surface area contributed by atoms with E-state index in [0.29, 0.717) is 29.5 Å². The summed E-state index contributed by atoms with van der Waals surface area (Å²) in [6.07, 6.45) is -0.984. The molecule has 1 heterocycles. The second-order valence-corrected chi connectivity index (χ2v) is 5.53. The molecule has 1 amide bonds. The third kappa shape index (κ3) is 3.88. The van der Waals surface area contributed by atoms with Crippen molar-refractivity contribution >= 4 is 17.6 Å². The highest BCUT2D eigenvalue weighted by molar-refractivity contribution is 5.98. The summed E-state index contributed by atoms with van der Waals surface area (Å²) < 4.78 is 21.2. The van der Waals surface area contributed by atoms with Crippen LogP contribution in [0.3, 0.4) is 0 Å². The zero-order valence-electron chi connectivity index (χ0n) is 14.5. The quantitative estimate of drug-likeness (QED) is 0.800. The van der Waals surface area contributed by atoms with E-state index in [1.54, 1.807) is 42.5 Å². The summed E-state index contributed by atoms with van der Waals surface area (Å²) in [4.78, 5) is 24.6. The first-order valence-electron chi connectivity index (χ1n) is 8.21. The summed E-state index contributed by atoms with van der Waals surface area (Å²) >= 11 is 0. The minimum atomic E-state index is -0.984. The van der Waals surface area contributed by atoms with Gasteiger partial charge in [0.1, 0.15) is 11.3 Å². The molecule has 7 nitrogen and oxygen atoms in total. The molecule has 3 rings (SSSR count). The average Bonchev–Trinajstić information content (AvgIpc) is 3.10. The van der Waals surface area contributed by atoms with Crippen molar-refractivity contribution in [1.29, 1.82) is 0 Å². The Morgan fingerprint density at radius 1 is 1.15 bits per heavy atom. The van der Waals surface area contributed by atoms with Gasteiger partial charge in [0.15, 0.2) is 17.6 Å². The van der Waals surface area contributed by atoms with Crippen LogP contribution in [0, 0.1) is 0 Å². The molecular weight excluding hydrogens is 338 g/mol. The summed E-state index contributed by atoms with van der Waals surface area (Å²) in [5.74, 6) is 0.518. The fourth-order valence-electron chi connectivity index (χ4n) is 2.41. The summed E-state index contributed by atoms with van der Waals surface area (Å²) in [5, 5.41) is 2.69. The van der Waals surface area contributed by atoms with Gasteiger partial charge < -0.3 is 24.3 Å². The lowest BCUT2D eigenvalue weighted by Gasteiger charge is -2.15. The monoisotopic (exact) mass is 357 g/mol. The minimum Gasteiger partial charge on any atom is -0.493 e. The molecule has 0 fully saturated rings. The highest BCUT2D eigenvalue weighted by atomic mass is 16.7. The van der Waals surface area contributed by atoms with Gasteiger partial charge in [-0.1, -0.05) is 12.1 Å². The molecule has 1 aliphatic rings. The number of carbonyl (C=O) groups excluding carboxylic acids is 2.